The number of carbonyl (C=O) groups excluding carboxylic acids is 2. The maximum Gasteiger partial charge on any atom is 0.306 e. The minimum Gasteiger partial charge on any atom is -0.756 e. The molecule has 0 aromatic rings. The average molecular weight is 1350 g/mol. The van der Waals surface area contributed by atoms with Gasteiger partial charge in [-0.15, -0.1) is 0 Å². The van der Waals surface area contributed by atoms with Gasteiger partial charge in [-0.3, -0.25) is 14.2 Å². The number of likely N-dealkylation sites (N-methyl/N-ethyl adjacent to an activating group) is 1. The summed E-state index contributed by atoms with van der Waals surface area (Å²) >= 11 is 0. The van der Waals surface area contributed by atoms with Crippen LogP contribution >= 0.6 is 7.82 Å². The van der Waals surface area contributed by atoms with Crippen LogP contribution < -0.4 is 4.89 Å². The number of hydrogen-bond acceptors (Lipinski definition) is 8. The normalized spacial score (nSPS) is 13.9. The molecule has 0 rings (SSSR count). The third-order valence-electron chi connectivity index (χ3n) is 16.5. The van der Waals surface area contributed by atoms with Crippen molar-refractivity contribution in [3.8, 4) is 0 Å². The molecule has 0 spiro atoms. The molecular formula is C86H146NO8P. The zero-order valence-electron chi connectivity index (χ0n) is 62.5. The fourth-order valence-corrected chi connectivity index (χ4v) is 11.3. The summed E-state index contributed by atoms with van der Waals surface area (Å²) in [4.78, 5) is 38.1. The van der Waals surface area contributed by atoms with Crippen LogP contribution in [0.15, 0.2) is 158 Å². The number of nitrogens with zero attached hydrogens (tertiary/aromatic N) is 1. The molecule has 0 amide bonds. The molecule has 96 heavy (non-hydrogen) atoms. The Hall–Kier alpha value is -4.37. The molecule has 0 aromatic carbocycles. The van der Waals surface area contributed by atoms with Gasteiger partial charge in [0.25, 0.3) is 7.82 Å². The Morgan fingerprint density at radius 3 is 0.906 bits per heavy atom. The van der Waals surface area contributed by atoms with Crippen molar-refractivity contribution in [3.63, 3.8) is 0 Å². The first-order valence-electron chi connectivity index (χ1n) is 39.2. The van der Waals surface area contributed by atoms with Gasteiger partial charge in [0.15, 0.2) is 6.10 Å². The van der Waals surface area contributed by atoms with E-state index >= 15 is 0 Å². The first-order valence-corrected chi connectivity index (χ1v) is 40.7. The van der Waals surface area contributed by atoms with E-state index in [1.54, 1.807) is 0 Å². The van der Waals surface area contributed by atoms with Crippen molar-refractivity contribution >= 4 is 19.8 Å². The smallest absolute Gasteiger partial charge is 0.306 e. The minimum atomic E-state index is -4.67. The zero-order valence-corrected chi connectivity index (χ0v) is 63.4. The number of carbonyl (C=O) groups is 2. The highest BCUT2D eigenvalue weighted by Gasteiger charge is 2.22. The molecule has 0 saturated carbocycles. The molecule has 9 nitrogen and oxygen atoms in total. The molecule has 0 aliphatic carbocycles. The van der Waals surface area contributed by atoms with E-state index in [-0.39, 0.29) is 26.1 Å². The maximum absolute atomic E-state index is 12.9. The molecule has 548 valence electrons. The van der Waals surface area contributed by atoms with Gasteiger partial charge in [0.2, 0.25) is 0 Å². The first-order chi connectivity index (χ1) is 47.0. The van der Waals surface area contributed by atoms with Crippen LogP contribution in [0.4, 0.5) is 0 Å². The van der Waals surface area contributed by atoms with Crippen molar-refractivity contribution < 1.29 is 42.1 Å². The van der Waals surface area contributed by atoms with Crippen molar-refractivity contribution in [1.29, 1.82) is 0 Å². The Kier molecular flexibility index (Phi) is 71.4. The molecule has 0 aliphatic heterocycles. The molecule has 2 atom stereocenters. The Bertz CT molecular complexity index is 2180. The summed E-state index contributed by atoms with van der Waals surface area (Å²) < 4.78 is 34.3. The van der Waals surface area contributed by atoms with E-state index in [0.717, 1.165) is 109 Å². The van der Waals surface area contributed by atoms with E-state index in [0.29, 0.717) is 17.4 Å². The molecule has 0 saturated heterocycles. The van der Waals surface area contributed by atoms with Crippen LogP contribution in [0.1, 0.15) is 322 Å². The second kappa shape index (κ2) is 74.8. The van der Waals surface area contributed by atoms with E-state index in [9.17, 15) is 19.0 Å². The van der Waals surface area contributed by atoms with Gasteiger partial charge in [-0.25, -0.2) is 0 Å². The lowest BCUT2D eigenvalue weighted by atomic mass is 10.0. The van der Waals surface area contributed by atoms with Crippen molar-refractivity contribution in [3.05, 3.63) is 158 Å². The highest BCUT2D eigenvalue weighted by molar-refractivity contribution is 7.45. The summed E-state index contributed by atoms with van der Waals surface area (Å²) in [5, 5.41) is 0. The van der Waals surface area contributed by atoms with Crippen LogP contribution in [-0.2, 0) is 32.7 Å². The Morgan fingerprint density at radius 1 is 0.333 bits per heavy atom. The maximum atomic E-state index is 12.9. The van der Waals surface area contributed by atoms with Crippen LogP contribution in [0.3, 0.4) is 0 Å². The van der Waals surface area contributed by atoms with Crippen molar-refractivity contribution in [1.82, 2.24) is 0 Å². The third kappa shape index (κ3) is 78.6. The highest BCUT2D eigenvalue weighted by atomic mass is 31.2. The van der Waals surface area contributed by atoms with Crippen molar-refractivity contribution in [2.45, 2.75) is 328 Å². The molecule has 0 radical (unpaired) electrons. The van der Waals surface area contributed by atoms with E-state index in [1.807, 2.05) is 21.1 Å². The highest BCUT2D eigenvalue weighted by Crippen LogP contribution is 2.38. The van der Waals surface area contributed by atoms with Gasteiger partial charge in [-0.05, 0) is 128 Å². The third-order valence-corrected chi connectivity index (χ3v) is 17.5. The lowest BCUT2D eigenvalue weighted by molar-refractivity contribution is -0.870. The van der Waals surface area contributed by atoms with Crippen LogP contribution in [0, 0.1) is 0 Å². The number of esters is 2. The summed E-state index contributed by atoms with van der Waals surface area (Å²) in [5.41, 5.74) is 0. The molecule has 0 aromatic heterocycles. The number of allylic oxidation sites excluding steroid dienone is 26. The summed E-state index contributed by atoms with van der Waals surface area (Å²) in [7, 11) is 1.13. The minimum absolute atomic E-state index is 0.0463. The van der Waals surface area contributed by atoms with Gasteiger partial charge >= 0.3 is 11.9 Å². The predicted molar refractivity (Wildman–Crippen MR) is 415 cm³/mol. The molecule has 2 unspecified atom stereocenters. The lowest BCUT2D eigenvalue weighted by Crippen LogP contribution is -2.37. The average Bonchev–Trinajstić information content (AvgIpc) is 1.48. The monoisotopic (exact) mass is 1350 g/mol. The number of phosphoric ester groups is 1. The Balaban J connectivity index is 4.06. The van der Waals surface area contributed by atoms with Crippen LogP contribution in [0.5, 0.6) is 0 Å². The predicted octanol–water partition coefficient (Wildman–Crippen LogP) is 25.6. The molecule has 0 fully saturated rings. The standard InChI is InChI=1S/C86H146NO8P/c1-6-8-10-12-14-16-18-20-22-24-26-28-30-32-34-36-38-40-41-42-43-44-45-47-48-50-52-54-56-58-60-62-64-66-68-70-72-74-76-78-85(88)92-82-84(83-94-96(90,91)93-81-80-87(3,4)5)95-86(89)79-77-75-73-71-69-67-65-63-61-59-57-55-53-51-49-46-39-37-35-33-31-29-27-25-23-21-19-17-15-13-11-9-7-2/h9,11,15,17-18,20-21,23-24,26-27,29-30,32-33,35,39,46,51,53,57,59,63,65,69,71,84H,6-8,10,12-14,16,19,22,25,28,31,34,36-38,40-45,47-50,52,54-56,58,60-62,64,66-68,70,72-83H2,1-5H3/b11-9-,17-15-,20-18-,23-21-,26-24-,29-27-,32-30-,35-33-,46-39-,53-51-,59-57-,65-63-,71-69-. The van der Waals surface area contributed by atoms with E-state index in [1.165, 1.54) is 180 Å². The summed E-state index contributed by atoms with van der Waals surface area (Å²) in [6, 6.07) is 0. The lowest BCUT2D eigenvalue weighted by Gasteiger charge is -2.28. The molecule has 0 aliphatic rings. The van der Waals surface area contributed by atoms with Gasteiger partial charge < -0.3 is 27.9 Å². The summed E-state index contributed by atoms with van der Waals surface area (Å²) in [6.45, 7) is 4.07. The van der Waals surface area contributed by atoms with Crippen molar-refractivity contribution in [2.75, 3.05) is 47.5 Å². The van der Waals surface area contributed by atoms with Crippen LogP contribution in [-0.4, -0.2) is 70.0 Å². The largest absolute Gasteiger partial charge is 0.756 e. The SMILES string of the molecule is CC/C=C\C/C=C\C/C=C\C/C=C\C/C=C\C/C=C\C/C=C\C/C=C\C/C=C\C/C=C\CCCCC(=O)OC(COC(=O)CCCCCCCCCCCCCCCCCCCCCCCCCC/C=C\C/C=C\C/C=C\CCCCCCC)COP(=O)([O-])OCC[N+](C)(C)C. The number of quaternary nitrogens is 1. The number of unbranched alkanes of at least 4 members (excludes halogenated alkanes) is 31. The topological polar surface area (TPSA) is 111 Å². The van der Waals surface area contributed by atoms with Crippen molar-refractivity contribution in [2.24, 2.45) is 0 Å². The molecular weight excluding hydrogens is 1210 g/mol. The van der Waals surface area contributed by atoms with Crippen LogP contribution in [0.2, 0.25) is 0 Å². The van der Waals surface area contributed by atoms with Crippen LogP contribution in [0.25, 0.3) is 0 Å². The molecule has 0 heterocycles. The second-order valence-corrected chi connectivity index (χ2v) is 28.4. The van der Waals surface area contributed by atoms with Gasteiger partial charge in [-0.1, -0.05) is 339 Å². The molecule has 10 heteroatoms. The van der Waals surface area contributed by atoms with Gasteiger partial charge in [0, 0.05) is 12.8 Å². The Labute approximate surface area is 592 Å². The Morgan fingerprint density at radius 2 is 0.594 bits per heavy atom. The molecule has 0 N–H and O–H groups in total. The number of phosphoric acid groups is 1. The number of rotatable bonds is 71. The van der Waals surface area contributed by atoms with Gasteiger partial charge in [0.05, 0.1) is 27.7 Å². The number of hydrogen-bond donors (Lipinski definition) is 0. The quantitative estimate of drug-likeness (QED) is 0.0195. The summed E-state index contributed by atoms with van der Waals surface area (Å²) in [5.74, 6) is -0.885. The summed E-state index contributed by atoms with van der Waals surface area (Å²) in [6.07, 6.45) is 112. The number of ether oxygens (including phenoxy) is 2. The van der Waals surface area contributed by atoms with Gasteiger partial charge in [0.1, 0.15) is 19.8 Å². The molecule has 0 bridgehead atoms. The second-order valence-electron chi connectivity index (χ2n) is 27.0. The van der Waals surface area contributed by atoms with E-state index in [2.05, 4.69) is 172 Å². The van der Waals surface area contributed by atoms with E-state index in [4.69, 9.17) is 18.5 Å². The van der Waals surface area contributed by atoms with Gasteiger partial charge in [-0.2, -0.15) is 0 Å². The van der Waals surface area contributed by atoms with E-state index < -0.39 is 32.5 Å². The first kappa shape index (κ1) is 91.6. The fourth-order valence-electron chi connectivity index (χ4n) is 10.6. The zero-order chi connectivity index (χ0) is 69.7. The fraction of sp³-hybridized carbons (Fsp3) is 0.674.